The van der Waals surface area contributed by atoms with Crippen LogP contribution in [0, 0.1) is 23.7 Å². The zero-order chi connectivity index (χ0) is 19.4. The predicted octanol–water partition coefficient (Wildman–Crippen LogP) is 3.10. The van der Waals surface area contributed by atoms with Crippen molar-refractivity contribution in [3.63, 3.8) is 0 Å². The van der Waals surface area contributed by atoms with Gasteiger partial charge in [-0.05, 0) is 36.2 Å². The molecule has 1 heterocycles. The number of nitrogens with one attached hydrogen (secondary N) is 2. The molecule has 0 fully saturated rings. The van der Waals surface area contributed by atoms with Crippen molar-refractivity contribution in [2.45, 2.75) is 13.5 Å². The van der Waals surface area contributed by atoms with E-state index in [0.29, 0.717) is 34.7 Å². The largest absolute Gasteiger partial charge is 0.399 e. The van der Waals surface area contributed by atoms with Gasteiger partial charge in [-0.1, -0.05) is 24.3 Å². The van der Waals surface area contributed by atoms with Gasteiger partial charge in [-0.2, -0.15) is 10.2 Å². The average Bonchev–Trinajstić information content (AvgIpc) is 2.68. The van der Waals surface area contributed by atoms with Crippen LogP contribution in [0.4, 0.5) is 17.5 Å². The smallest absolute Gasteiger partial charge is 0.222 e. The molecule has 0 spiro atoms. The number of aryl methyl sites for hydroxylation is 1. The summed E-state index contributed by atoms with van der Waals surface area (Å²) in [6.07, 6.45) is 1.18. The van der Waals surface area contributed by atoms with Crippen LogP contribution in [-0.2, 0) is 6.54 Å². The molecule has 6 N–H and O–H groups in total. The first kappa shape index (κ1) is 17.9. The lowest BCUT2D eigenvalue weighted by atomic mass is 10.0. The molecular weight excluding hydrogens is 338 g/mol. The normalized spacial score (nSPS) is 10.2. The lowest BCUT2D eigenvalue weighted by molar-refractivity contribution is 1.08. The summed E-state index contributed by atoms with van der Waals surface area (Å²) in [5.41, 5.74) is 16.7. The number of hydrogen-bond acceptors (Lipinski definition) is 7. The third-order valence-electron chi connectivity index (χ3n) is 4.17. The Hall–Kier alpha value is -3.92. The van der Waals surface area contributed by atoms with Crippen molar-refractivity contribution in [2.24, 2.45) is 0 Å². The molecule has 1 aromatic heterocycles. The van der Waals surface area contributed by atoms with Gasteiger partial charge in [0, 0.05) is 24.0 Å². The number of nitriles is 1. The van der Waals surface area contributed by atoms with Crippen LogP contribution >= 0.6 is 0 Å². The predicted molar refractivity (Wildman–Crippen MR) is 107 cm³/mol. The van der Waals surface area contributed by atoms with Gasteiger partial charge in [-0.15, -0.1) is 0 Å². The first-order chi connectivity index (χ1) is 13.0. The molecule has 0 saturated heterocycles. The minimum absolute atomic E-state index is 0.0916. The van der Waals surface area contributed by atoms with E-state index in [1.807, 2.05) is 31.2 Å². The van der Waals surface area contributed by atoms with Crippen molar-refractivity contribution in [2.75, 3.05) is 16.8 Å². The van der Waals surface area contributed by atoms with Gasteiger partial charge in [0.1, 0.15) is 5.82 Å². The Morgan fingerprint density at radius 3 is 2.70 bits per heavy atom. The number of aromatic nitrogens is 2. The van der Waals surface area contributed by atoms with Crippen molar-refractivity contribution in [3.05, 3.63) is 64.7 Å². The van der Waals surface area contributed by atoms with Crippen molar-refractivity contribution in [3.8, 4) is 17.3 Å². The third-order valence-corrected chi connectivity index (χ3v) is 4.17. The van der Waals surface area contributed by atoms with E-state index in [2.05, 4.69) is 21.4 Å². The highest BCUT2D eigenvalue weighted by Crippen LogP contribution is 2.27. The minimum Gasteiger partial charge on any atom is -0.399 e. The fraction of sp³-hybridized carbons (Fsp3) is 0.100. The molecule has 7 nitrogen and oxygen atoms in total. The average molecular weight is 357 g/mol. The molecule has 0 aliphatic rings. The Balaban J connectivity index is 1.98. The molecule has 0 bridgehead atoms. The number of nitrogens with zero attached hydrogens (tertiary/aromatic N) is 3. The van der Waals surface area contributed by atoms with E-state index in [9.17, 15) is 0 Å². The number of nitrogens with two attached hydrogens (primary N) is 2. The molecule has 3 rings (SSSR count). The maximum atomic E-state index is 9.12. The fourth-order valence-electron chi connectivity index (χ4n) is 2.75. The van der Waals surface area contributed by atoms with Gasteiger partial charge in [0.25, 0.3) is 0 Å². The molecule has 7 heteroatoms. The quantitative estimate of drug-likeness (QED) is 0.409. The van der Waals surface area contributed by atoms with Gasteiger partial charge in [0.15, 0.2) is 0 Å². The number of hydrogen-bond donors (Lipinski definition) is 4. The Morgan fingerprint density at radius 1 is 1.19 bits per heavy atom. The maximum absolute atomic E-state index is 9.12. The van der Waals surface area contributed by atoms with Crippen LogP contribution in [0.2, 0.25) is 0 Å². The van der Waals surface area contributed by atoms with Gasteiger partial charge in [-0.3, -0.25) is 0 Å². The fourth-order valence-corrected chi connectivity index (χ4v) is 2.75. The van der Waals surface area contributed by atoms with E-state index < -0.39 is 0 Å². The Labute approximate surface area is 157 Å². The third kappa shape index (κ3) is 3.85. The Bertz CT molecular complexity index is 1050. The SMILES string of the molecule is Cc1cc(CNc2nc(N)nc(-c3cccc(C#N)c3)c2C=N)ccc1N. The van der Waals surface area contributed by atoms with Gasteiger partial charge in [0.2, 0.25) is 5.95 Å². The Kier molecular flexibility index (Phi) is 4.99. The zero-order valence-corrected chi connectivity index (χ0v) is 14.8. The molecule has 0 radical (unpaired) electrons. The number of nitrogen functional groups attached to an aromatic ring is 2. The second-order valence-electron chi connectivity index (χ2n) is 6.07. The summed E-state index contributed by atoms with van der Waals surface area (Å²) < 4.78 is 0. The highest BCUT2D eigenvalue weighted by Gasteiger charge is 2.14. The van der Waals surface area contributed by atoms with Crippen LogP contribution in [0.25, 0.3) is 11.3 Å². The summed E-state index contributed by atoms with van der Waals surface area (Å²) in [6, 6.07) is 14.9. The van der Waals surface area contributed by atoms with Crippen LogP contribution in [-0.4, -0.2) is 16.2 Å². The highest BCUT2D eigenvalue weighted by molar-refractivity contribution is 5.93. The lowest BCUT2D eigenvalue weighted by Gasteiger charge is -2.13. The van der Waals surface area contributed by atoms with Gasteiger partial charge in [0.05, 0.1) is 22.9 Å². The van der Waals surface area contributed by atoms with E-state index >= 15 is 0 Å². The molecular formula is C20H19N7. The van der Waals surface area contributed by atoms with Crippen molar-refractivity contribution < 1.29 is 0 Å². The zero-order valence-electron chi connectivity index (χ0n) is 14.8. The van der Waals surface area contributed by atoms with Gasteiger partial charge < -0.3 is 22.2 Å². The molecule has 2 aromatic carbocycles. The van der Waals surface area contributed by atoms with Gasteiger partial charge in [-0.25, -0.2) is 4.98 Å². The van der Waals surface area contributed by atoms with Gasteiger partial charge >= 0.3 is 0 Å². The van der Waals surface area contributed by atoms with E-state index in [0.717, 1.165) is 16.8 Å². The molecule has 0 unspecified atom stereocenters. The second kappa shape index (κ2) is 7.54. The maximum Gasteiger partial charge on any atom is 0.222 e. The monoisotopic (exact) mass is 357 g/mol. The second-order valence-corrected chi connectivity index (χ2v) is 6.07. The van der Waals surface area contributed by atoms with Crippen molar-refractivity contribution >= 4 is 23.7 Å². The summed E-state index contributed by atoms with van der Waals surface area (Å²) in [4.78, 5) is 8.52. The lowest BCUT2D eigenvalue weighted by Crippen LogP contribution is -2.10. The summed E-state index contributed by atoms with van der Waals surface area (Å²) >= 11 is 0. The first-order valence-corrected chi connectivity index (χ1v) is 8.29. The number of rotatable bonds is 5. The van der Waals surface area contributed by atoms with Crippen LogP contribution in [0.5, 0.6) is 0 Å². The summed E-state index contributed by atoms with van der Waals surface area (Å²) in [6.45, 7) is 2.45. The summed E-state index contributed by atoms with van der Waals surface area (Å²) in [5, 5.41) is 20.2. The highest BCUT2D eigenvalue weighted by atomic mass is 15.1. The van der Waals surface area contributed by atoms with E-state index in [1.165, 1.54) is 6.21 Å². The standard InChI is InChI=1S/C20H19N7/c1-12-7-14(5-6-17(12)23)11-25-19-16(10-22)18(26-20(24)27-19)15-4-2-3-13(8-15)9-21/h2-8,10,22H,11,23H2,1H3,(H3,24,25,26,27). The van der Waals surface area contributed by atoms with Crippen molar-refractivity contribution in [1.29, 1.82) is 10.7 Å². The molecule has 0 amide bonds. The molecule has 0 atom stereocenters. The Morgan fingerprint density at radius 2 is 2.00 bits per heavy atom. The van der Waals surface area contributed by atoms with Crippen molar-refractivity contribution in [1.82, 2.24) is 9.97 Å². The summed E-state index contributed by atoms with van der Waals surface area (Å²) in [5.74, 6) is 0.554. The van der Waals surface area contributed by atoms with E-state index in [4.69, 9.17) is 22.1 Å². The van der Waals surface area contributed by atoms with Crippen LogP contribution in [0.15, 0.2) is 42.5 Å². The topological polar surface area (TPSA) is 137 Å². The number of anilines is 3. The van der Waals surface area contributed by atoms with Crippen LogP contribution < -0.4 is 16.8 Å². The molecule has 134 valence electrons. The van der Waals surface area contributed by atoms with E-state index in [1.54, 1.807) is 18.2 Å². The first-order valence-electron chi connectivity index (χ1n) is 8.29. The number of benzene rings is 2. The molecule has 3 aromatic rings. The summed E-state index contributed by atoms with van der Waals surface area (Å²) in [7, 11) is 0. The molecule has 0 aliphatic carbocycles. The minimum atomic E-state index is 0.0916. The molecule has 27 heavy (non-hydrogen) atoms. The van der Waals surface area contributed by atoms with Crippen LogP contribution in [0.3, 0.4) is 0 Å². The molecule has 0 aliphatic heterocycles. The van der Waals surface area contributed by atoms with Crippen LogP contribution in [0.1, 0.15) is 22.3 Å². The van der Waals surface area contributed by atoms with E-state index in [-0.39, 0.29) is 5.95 Å². The molecule has 0 saturated carbocycles.